The molecular weight excluding hydrogens is 629 g/mol. The van der Waals surface area contributed by atoms with Crippen LogP contribution in [0.3, 0.4) is 0 Å². The third kappa shape index (κ3) is 34.6. The highest BCUT2D eigenvalue weighted by atomic mass is 31.2. The second-order valence-corrected chi connectivity index (χ2v) is 14.6. The molecule has 0 amide bonds. The summed E-state index contributed by atoms with van der Waals surface area (Å²) in [5.41, 5.74) is 5.33. The van der Waals surface area contributed by atoms with Gasteiger partial charge in [0.2, 0.25) is 0 Å². The molecule has 0 heterocycles. The van der Waals surface area contributed by atoms with Gasteiger partial charge in [-0.15, -0.1) is 0 Å². The summed E-state index contributed by atoms with van der Waals surface area (Å²) in [7, 11) is -4.36. The molecule has 0 aromatic heterocycles. The van der Waals surface area contributed by atoms with Gasteiger partial charge in [0.05, 0.1) is 13.2 Å². The molecule has 0 radical (unpaired) electrons. The second-order valence-electron chi connectivity index (χ2n) is 13.2. The van der Waals surface area contributed by atoms with Gasteiger partial charge in [0, 0.05) is 19.4 Å². The molecule has 0 aliphatic rings. The lowest BCUT2D eigenvalue weighted by Gasteiger charge is -2.19. The number of nitrogens with two attached hydrogens (primary N) is 1. The number of hydrogen-bond donors (Lipinski definition) is 2. The zero-order chi connectivity index (χ0) is 35.4. The van der Waals surface area contributed by atoms with Crippen molar-refractivity contribution in [1.82, 2.24) is 0 Å². The second kappa shape index (κ2) is 35.6. The highest BCUT2D eigenvalue weighted by Crippen LogP contribution is 2.43. The van der Waals surface area contributed by atoms with Gasteiger partial charge in [-0.3, -0.25) is 18.6 Å². The van der Waals surface area contributed by atoms with Crippen molar-refractivity contribution < 1.29 is 37.6 Å². The molecular formula is C38H74NO8P. The van der Waals surface area contributed by atoms with Crippen LogP contribution in [0.25, 0.3) is 0 Å². The largest absolute Gasteiger partial charge is 0.472 e. The molecule has 1 unspecified atom stereocenters. The van der Waals surface area contributed by atoms with Crippen molar-refractivity contribution in [1.29, 1.82) is 0 Å². The van der Waals surface area contributed by atoms with E-state index >= 15 is 0 Å². The molecule has 0 aromatic rings. The normalized spacial score (nSPS) is 13.5. The molecule has 0 aliphatic heterocycles. The van der Waals surface area contributed by atoms with Crippen molar-refractivity contribution in [2.45, 2.75) is 193 Å². The number of phosphoric acid groups is 1. The van der Waals surface area contributed by atoms with E-state index in [0.29, 0.717) is 6.42 Å². The SMILES string of the molecule is CCCCCCCC/C=C\CCCCCCCCCC(=O)O[C@H](COC(=O)CCCCCCCCCCCC)COP(=O)(O)OCCN. The van der Waals surface area contributed by atoms with Gasteiger partial charge in [0.1, 0.15) is 6.61 Å². The van der Waals surface area contributed by atoms with Crippen LogP contribution in [0.1, 0.15) is 187 Å². The number of hydrogen-bond acceptors (Lipinski definition) is 8. The minimum atomic E-state index is -4.36. The van der Waals surface area contributed by atoms with Crippen LogP contribution in [-0.4, -0.2) is 49.3 Å². The van der Waals surface area contributed by atoms with Crippen molar-refractivity contribution in [2.75, 3.05) is 26.4 Å². The van der Waals surface area contributed by atoms with Crippen molar-refractivity contribution in [3.63, 3.8) is 0 Å². The van der Waals surface area contributed by atoms with Crippen LogP contribution in [-0.2, 0) is 32.7 Å². The van der Waals surface area contributed by atoms with E-state index < -0.39 is 26.5 Å². The maximum Gasteiger partial charge on any atom is 0.472 e. The van der Waals surface area contributed by atoms with Crippen molar-refractivity contribution in [3.8, 4) is 0 Å². The minimum absolute atomic E-state index is 0.0552. The number of carbonyl (C=O) groups excluding carboxylic acids is 2. The van der Waals surface area contributed by atoms with Crippen LogP contribution >= 0.6 is 7.82 Å². The van der Waals surface area contributed by atoms with Crippen LogP contribution < -0.4 is 5.73 Å². The molecule has 0 spiro atoms. The number of ether oxygens (including phenoxy) is 2. The summed E-state index contributed by atoms with van der Waals surface area (Å²) in [6.45, 7) is 3.71. The minimum Gasteiger partial charge on any atom is -0.462 e. The predicted octanol–water partition coefficient (Wildman–Crippen LogP) is 10.7. The number of phosphoric ester groups is 1. The van der Waals surface area contributed by atoms with Gasteiger partial charge >= 0.3 is 19.8 Å². The molecule has 0 bridgehead atoms. The van der Waals surface area contributed by atoms with E-state index in [1.165, 1.54) is 109 Å². The Hall–Kier alpha value is -1.25. The molecule has 284 valence electrons. The van der Waals surface area contributed by atoms with Gasteiger partial charge in [0.15, 0.2) is 6.10 Å². The topological polar surface area (TPSA) is 134 Å². The summed E-state index contributed by atoms with van der Waals surface area (Å²) in [5.74, 6) is -0.830. The molecule has 0 aliphatic carbocycles. The highest BCUT2D eigenvalue weighted by Gasteiger charge is 2.25. The van der Waals surface area contributed by atoms with Gasteiger partial charge in [-0.2, -0.15) is 0 Å². The van der Waals surface area contributed by atoms with Crippen molar-refractivity contribution in [2.24, 2.45) is 5.73 Å². The average Bonchev–Trinajstić information content (AvgIpc) is 3.07. The standard InChI is InChI=1S/C38H74NO8P/c1-3-5-7-9-11-13-15-16-17-18-19-20-21-23-25-27-29-31-38(41)47-36(35-46-48(42,43)45-33-32-39)34-44-37(40)30-28-26-24-22-14-12-10-8-6-4-2/h16-17,36H,3-15,18-35,39H2,1-2H3,(H,42,43)/b17-16-/t36-/m1/s1. The highest BCUT2D eigenvalue weighted by molar-refractivity contribution is 7.47. The van der Waals surface area contributed by atoms with E-state index in [-0.39, 0.29) is 38.6 Å². The van der Waals surface area contributed by atoms with Crippen LogP contribution in [0.4, 0.5) is 0 Å². The number of unbranched alkanes of at least 4 members (excludes halogenated alkanes) is 22. The fraction of sp³-hybridized carbons (Fsp3) is 0.895. The third-order valence-corrected chi connectivity index (χ3v) is 9.39. The number of esters is 2. The first-order chi connectivity index (χ1) is 23.3. The zero-order valence-corrected chi connectivity index (χ0v) is 31.9. The first-order valence-electron chi connectivity index (χ1n) is 19.7. The monoisotopic (exact) mass is 704 g/mol. The van der Waals surface area contributed by atoms with E-state index in [1.807, 2.05) is 0 Å². The first-order valence-corrected chi connectivity index (χ1v) is 21.2. The van der Waals surface area contributed by atoms with E-state index in [9.17, 15) is 19.0 Å². The zero-order valence-electron chi connectivity index (χ0n) is 31.0. The first kappa shape index (κ1) is 46.8. The summed E-state index contributed by atoms with van der Waals surface area (Å²) in [5, 5.41) is 0. The van der Waals surface area contributed by atoms with Gasteiger partial charge < -0.3 is 20.1 Å². The fourth-order valence-corrected chi connectivity index (χ4v) is 6.22. The van der Waals surface area contributed by atoms with Crippen molar-refractivity contribution >= 4 is 19.8 Å². The van der Waals surface area contributed by atoms with Crippen LogP contribution in [0, 0.1) is 0 Å². The fourth-order valence-electron chi connectivity index (χ4n) is 5.45. The lowest BCUT2D eigenvalue weighted by Crippen LogP contribution is -2.29. The van der Waals surface area contributed by atoms with E-state index in [4.69, 9.17) is 24.3 Å². The van der Waals surface area contributed by atoms with Gasteiger partial charge in [-0.05, 0) is 38.5 Å². The molecule has 9 nitrogen and oxygen atoms in total. The van der Waals surface area contributed by atoms with E-state index in [0.717, 1.165) is 44.9 Å². The Morgan fingerprint density at radius 2 is 1.02 bits per heavy atom. The molecule has 0 aromatic carbocycles. The van der Waals surface area contributed by atoms with Crippen LogP contribution in [0.15, 0.2) is 12.2 Å². The summed E-state index contributed by atoms with van der Waals surface area (Å²) in [4.78, 5) is 34.7. The van der Waals surface area contributed by atoms with E-state index in [2.05, 4.69) is 26.0 Å². The Morgan fingerprint density at radius 1 is 0.604 bits per heavy atom. The maximum atomic E-state index is 12.5. The molecule has 48 heavy (non-hydrogen) atoms. The van der Waals surface area contributed by atoms with Gasteiger partial charge in [-0.25, -0.2) is 4.57 Å². The molecule has 0 saturated carbocycles. The number of allylic oxidation sites excluding steroid dienone is 2. The van der Waals surface area contributed by atoms with Crippen LogP contribution in [0.2, 0.25) is 0 Å². The lowest BCUT2D eigenvalue weighted by molar-refractivity contribution is -0.161. The Labute approximate surface area is 294 Å². The van der Waals surface area contributed by atoms with Gasteiger partial charge in [0.25, 0.3) is 0 Å². The molecule has 2 atom stereocenters. The van der Waals surface area contributed by atoms with Gasteiger partial charge in [-0.1, -0.05) is 148 Å². The third-order valence-electron chi connectivity index (χ3n) is 8.40. The number of rotatable bonds is 37. The smallest absolute Gasteiger partial charge is 0.462 e. The Bertz CT molecular complexity index is 810. The molecule has 0 rings (SSSR count). The Kier molecular flexibility index (Phi) is 34.6. The number of carbonyl (C=O) groups is 2. The Morgan fingerprint density at radius 3 is 1.48 bits per heavy atom. The summed E-state index contributed by atoms with van der Waals surface area (Å²) >= 11 is 0. The molecule has 0 saturated heterocycles. The van der Waals surface area contributed by atoms with Crippen LogP contribution in [0.5, 0.6) is 0 Å². The molecule has 0 fully saturated rings. The van der Waals surface area contributed by atoms with Crippen molar-refractivity contribution in [3.05, 3.63) is 12.2 Å². The predicted molar refractivity (Wildman–Crippen MR) is 197 cm³/mol. The summed E-state index contributed by atoms with van der Waals surface area (Å²) < 4.78 is 32.6. The molecule has 10 heteroatoms. The maximum absolute atomic E-state index is 12.5. The molecule has 3 N–H and O–H groups in total. The quantitative estimate of drug-likeness (QED) is 0.0280. The van der Waals surface area contributed by atoms with E-state index in [1.54, 1.807) is 0 Å². The summed E-state index contributed by atoms with van der Waals surface area (Å²) in [6.07, 6.45) is 33.8. The lowest BCUT2D eigenvalue weighted by atomic mass is 10.1. The summed E-state index contributed by atoms with van der Waals surface area (Å²) in [6, 6.07) is 0. The Balaban J connectivity index is 4.17. The average molecular weight is 704 g/mol.